The lowest BCUT2D eigenvalue weighted by atomic mass is 9.79. The van der Waals surface area contributed by atoms with Crippen molar-refractivity contribution in [3.8, 4) is 0 Å². The maximum absolute atomic E-state index is 13.6. The molecule has 6 rings (SSSR count). The van der Waals surface area contributed by atoms with E-state index >= 15 is 0 Å². The van der Waals surface area contributed by atoms with Gasteiger partial charge in [-0.15, -0.1) is 0 Å². The van der Waals surface area contributed by atoms with Crippen molar-refractivity contribution in [2.45, 2.75) is 50.2 Å². The standard InChI is InChI=1S/C26H32N4O4.BrH/c31-24(29-23-10-13-27-18-28-23)17-30-14-11-19(12-15-30)22(16-30)34-25(32)26(33,21-8-4-5-9-21)20-6-2-1-3-7-20;/h1-3,6-7,10,13,18-19,21-22,33H,4-5,8-9,11-12,14-17H2;1H/t19?,22-,26?,30?;/m0./s1. The molecule has 4 heterocycles. The van der Waals surface area contributed by atoms with Crippen LogP contribution in [0.1, 0.15) is 44.1 Å². The van der Waals surface area contributed by atoms with Crippen LogP contribution in [0.3, 0.4) is 0 Å². The summed E-state index contributed by atoms with van der Waals surface area (Å²) in [5, 5.41) is 14.6. The number of carbonyl (C=O) groups is 2. The van der Waals surface area contributed by atoms with Crippen LogP contribution in [-0.4, -0.2) is 63.7 Å². The molecule has 8 nitrogen and oxygen atoms in total. The Balaban J connectivity index is 0.00000289. The molecule has 0 radical (unpaired) electrons. The first-order valence-corrected chi connectivity index (χ1v) is 12.4. The number of amides is 1. The molecule has 1 amide bonds. The second kappa shape index (κ2) is 10.7. The number of rotatable bonds is 7. The van der Waals surface area contributed by atoms with Crippen molar-refractivity contribution in [1.29, 1.82) is 0 Å². The van der Waals surface area contributed by atoms with E-state index in [1.165, 1.54) is 6.33 Å². The number of hydrogen-bond donors (Lipinski definition) is 2. The SMILES string of the molecule is O=C(C[N+]12CCC(CC1)[C@@H](OC(=O)C(O)(c1ccccc1)C1CCCC1)C2)Nc1ccncn1.[Br-]. The minimum atomic E-state index is -1.63. The number of piperidine rings is 3. The van der Waals surface area contributed by atoms with Crippen molar-refractivity contribution in [3.05, 3.63) is 54.5 Å². The van der Waals surface area contributed by atoms with Gasteiger partial charge in [0, 0.05) is 30.9 Å². The zero-order valence-electron chi connectivity index (χ0n) is 19.8. The highest BCUT2D eigenvalue weighted by Crippen LogP contribution is 2.43. The van der Waals surface area contributed by atoms with Crippen LogP contribution in [0.25, 0.3) is 0 Å². The molecule has 2 bridgehead atoms. The molecule has 9 heteroatoms. The molecule has 1 unspecified atom stereocenters. The number of benzene rings is 1. The Morgan fingerprint density at radius 2 is 1.80 bits per heavy atom. The van der Waals surface area contributed by atoms with E-state index in [4.69, 9.17) is 4.74 Å². The number of anilines is 1. The third-order valence-corrected chi connectivity index (χ3v) is 8.10. The molecule has 35 heavy (non-hydrogen) atoms. The Kier molecular flexibility index (Phi) is 7.88. The van der Waals surface area contributed by atoms with Gasteiger partial charge in [0.05, 0.1) is 13.1 Å². The fraction of sp³-hybridized carbons (Fsp3) is 0.538. The van der Waals surface area contributed by atoms with E-state index in [1.54, 1.807) is 12.3 Å². The number of nitrogens with zero attached hydrogens (tertiary/aromatic N) is 3. The third kappa shape index (κ3) is 5.27. The predicted molar refractivity (Wildman–Crippen MR) is 125 cm³/mol. The number of esters is 1. The number of nitrogens with one attached hydrogen (secondary N) is 1. The van der Waals surface area contributed by atoms with Gasteiger partial charge in [-0.2, -0.15) is 0 Å². The van der Waals surface area contributed by atoms with Crippen LogP contribution < -0.4 is 22.3 Å². The van der Waals surface area contributed by atoms with Gasteiger partial charge in [0.1, 0.15) is 18.7 Å². The van der Waals surface area contributed by atoms with Crippen molar-refractivity contribution >= 4 is 17.7 Å². The van der Waals surface area contributed by atoms with Crippen LogP contribution in [0.15, 0.2) is 48.9 Å². The van der Waals surface area contributed by atoms with Crippen molar-refractivity contribution in [3.63, 3.8) is 0 Å². The molecule has 1 aliphatic carbocycles. The normalized spacial score (nSPS) is 27.5. The third-order valence-electron chi connectivity index (χ3n) is 8.10. The molecule has 2 atom stereocenters. The van der Waals surface area contributed by atoms with Crippen molar-refractivity contribution in [2.24, 2.45) is 11.8 Å². The van der Waals surface area contributed by atoms with Crippen LogP contribution in [0.4, 0.5) is 5.82 Å². The second-order valence-electron chi connectivity index (χ2n) is 10.2. The van der Waals surface area contributed by atoms with E-state index in [9.17, 15) is 14.7 Å². The Bertz CT molecular complexity index is 1010. The first kappa shape index (κ1) is 25.7. The lowest BCUT2D eigenvalue weighted by molar-refractivity contribution is -0.939. The highest BCUT2D eigenvalue weighted by atomic mass is 79.9. The van der Waals surface area contributed by atoms with E-state index in [0.717, 1.165) is 51.6 Å². The van der Waals surface area contributed by atoms with E-state index in [-0.39, 0.29) is 40.8 Å². The predicted octanol–water partition coefficient (Wildman–Crippen LogP) is -0.351. The Hall–Kier alpha value is -2.36. The Labute approximate surface area is 216 Å². The Morgan fingerprint density at radius 3 is 2.46 bits per heavy atom. The molecular weight excluding hydrogens is 512 g/mol. The van der Waals surface area contributed by atoms with Gasteiger partial charge < -0.3 is 36.6 Å². The quantitative estimate of drug-likeness (QED) is 0.365. The summed E-state index contributed by atoms with van der Waals surface area (Å²) in [7, 11) is 0. The van der Waals surface area contributed by atoms with Gasteiger partial charge in [0.2, 0.25) is 0 Å². The molecule has 188 valence electrons. The van der Waals surface area contributed by atoms with Gasteiger partial charge in [-0.05, 0) is 24.5 Å². The molecule has 3 saturated heterocycles. The average Bonchev–Trinajstić information content (AvgIpc) is 3.40. The second-order valence-corrected chi connectivity index (χ2v) is 10.2. The van der Waals surface area contributed by atoms with E-state index in [1.807, 2.05) is 30.3 Å². The summed E-state index contributed by atoms with van der Waals surface area (Å²) >= 11 is 0. The summed E-state index contributed by atoms with van der Waals surface area (Å²) in [6, 6.07) is 10.9. The van der Waals surface area contributed by atoms with E-state index in [0.29, 0.717) is 29.0 Å². The van der Waals surface area contributed by atoms with Crippen LogP contribution in [0.5, 0.6) is 0 Å². The van der Waals surface area contributed by atoms with Gasteiger partial charge in [-0.1, -0.05) is 43.2 Å². The first-order valence-electron chi connectivity index (χ1n) is 12.4. The molecule has 1 aromatic heterocycles. The molecular formula is C26H33BrN4O4. The molecule has 0 spiro atoms. The van der Waals surface area contributed by atoms with E-state index in [2.05, 4.69) is 15.3 Å². The van der Waals surface area contributed by atoms with Crippen molar-refractivity contribution in [1.82, 2.24) is 9.97 Å². The van der Waals surface area contributed by atoms with Crippen LogP contribution >= 0.6 is 0 Å². The number of halogens is 1. The topological polar surface area (TPSA) is 101 Å². The summed E-state index contributed by atoms with van der Waals surface area (Å²) in [6.07, 6.45) is 8.19. The number of fused-ring (bicyclic) bond motifs is 3. The maximum atomic E-state index is 13.6. The minimum Gasteiger partial charge on any atom is -1.00 e. The van der Waals surface area contributed by atoms with Crippen LogP contribution in [0, 0.1) is 11.8 Å². The number of hydrogen-bond acceptors (Lipinski definition) is 6. The van der Waals surface area contributed by atoms with Gasteiger partial charge in [0.25, 0.3) is 5.91 Å². The summed E-state index contributed by atoms with van der Waals surface area (Å²) in [5.74, 6) is -0.0101. The largest absolute Gasteiger partial charge is 1.00 e. The van der Waals surface area contributed by atoms with Crippen LogP contribution in [-0.2, 0) is 19.9 Å². The highest BCUT2D eigenvalue weighted by Gasteiger charge is 2.53. The van der Waals surface area contributed by atoms with Gasteiger partial charge >= 0.3 is 5.97 Å². The average molecular weight is 545 g/mol. The summed E-state index contributed by atoms with van der Waals surface area (Å²) in [5.41, 5.74) is -1.01. The van der Waals surface area contributed by atoms with Gasteiger partial charge in [-0.3, -0.25) is 4.79 Å². The molecule has 4 fully saturated rings. The lowest BCUT2D eigenvalue weighted by Gasteiger charge is -2.51. The van der Waals surface area contributed by atoms with E-state index < -0.39 is 11.6 Å². The molecule has 1 aromatic carbocycles. The smallest absolute Gasteiger partial charge is 0.343 e. The molecule has 1 saturated carbocycles. The zero-order chi connectivity index (χ0) is 23.6. The fourth-order valence-corrected chi connectivity index (χ4v) is 6.21. The fourth-order valence-electron chi connectivity index (χ4n) is 6.21. The van der Waals surface area contributed by atoms with Gasteiger partial charge in [-0.25, -0.2) is 14.8 Å². The Morgan fingerprint density at radius 1 is 1.09 bits per heavy atom. The molecule has 3 aliphatic heterocycles. The van der Waals surface area contributed by atoms with Crippen LogP contribution in [0.2, 0.25) is 0 Å². The summed E-state index contributed by atoms with van der Waals surface area (Å²) in [4.78, 5) is 34.3. The highest BCUT2D eigenvalue weighted by molar-refractivity contribution is 5.90. The zero-order valence-corrected chi connectivity index (χ0v) is 21.4. The van der Waals surface area contributed by atoms with Gasteiger partial charge in [0.15, 0.2) is 18.2 Å². The first-order chi connectivity index (χ1) is 16.5. The van der Waals surface area contributed by atoms with Crippen molar-refractivity contribution < 1.29 is 40.9 Å². The maximum Gasteiger partial charge on any atom is 0.343 e. The number of aliphatic hydroxyl groups is 1. The number of ether oxygens (including phenoxy) is 1. The number of quaternary nitrogens is 1. The number of aromatic nitrogens is 2. The molecule has 4 aliphatic rings. The van der Waals surface area contributed by atoms with Crippen molar-refractivity contribution in [2.75, 3.05) is 31.5 Å². The number of carbonyl (C=O) groups excluding carboxylic acids is 2. The molecule has 2 aromatic rings. The summed E-state index contributed by atoms with van der Waals surface area (Å²) in [6.45, 7) is 2.70. The lowest BCUT2D eigenvalue weighted by Crippen LogP contribution is -3.00. The summed E-state index contributed by atoms with van der Waals surface area (Å²) < 4.78 is 6.72. The minimum absolute atomic E-state index is 0. The monoisotopic (exact) mass is 544 g/mol. The molecule has 2 N–H and O–H groups in total.